The van der Waals surface area contributed by atoms with Crippen LogP contribution >= 0.6 is 11.6 Å². The van der Waals surface area contributed by atoms with Crippen LogP contribution in [0.3, 0.4) is 0 Å². The first-order valence-corrected chi connectivity index (χ1v) is 8.21. The van der Waals surface area contributed by atoms with Crippen LogP contribution in [0.1, 0.15) is 49.7 Å². The summed E-state index contributed by atoms with van der Waals surface area (Å²) in [5, 5.41) is 11.2. The maximum atomic E-state index is 11.2. The Hall–Kier alpha value is -1.09. The highest BCUT2D eigenvalue weighted by Gasteiger charge is 2.57. The molecule has 3 nitrogen and oxygen atoms in total. The average Bonchev–Trinajstić information content (AvgIpc) is 2.35. The lowest BCUT2D eigenvalue weighted by molar-refractivity contribution is -0.385. The van der Waals surface area contributed by atoms with E-state index in [0.29, 0.717) is 11.8 Å². The van der Waals surface area contributed by atoms with Crippen LogP contribution in [-0.4, -0.2) is 9.80 Å². The van der Waals surface area contributed by atoms with Gasteiger partial charge in [0.2, 0.25) is 0 Å². The zero-order valence-electron chi connectivity index (χ0n) is 12.3. The number of aryl methyl sites for hydroxylation is 1. The highest BCUT2D eigenvalue weighted by Crippen LogP contribution is 2.64. The van der Waals surface area contributed by atoms with Crippen molar-refractivity contribution in [3.05, 3.63) is 39.4 Å². The average molecular weight is 306 g/mol. The molecule has 112 valence electrons. The molecule has 4 aliphatic rings. The van der Waals surface area contributed by atoms with Crippen molar-refractivity contribution < 1.29 is 4.92 Å². The topological polar surface area (TPSA) is 43.1 Å². The van der Waals surface area contributed by atoms with E-state index in [4.69, 9.17) is 11.6 Å². The highest BCUT2D eigenvalue weighted by molar-refractivity contribution is 6.24. The normalized spacial score (nSPS) is 40.5. The highest BCUT2D eigenvalue weighted by atomic mass is 35.5. The molecule has 0 aromatic heterocycles. The van der Waals surface area contributed by atoms with Gasteiger partial charge < -0.3 is 0 Å². The van der Waals surface area contributed by atoms with Crippen molar-refractivity contribution in [2.24, 2.45) is 11.8 Å². The monoisotopic (exact) mass is 305 g/mol. The van der Waals surface area contributed by atoms with Crippen LogP contribution in [0.5, 0.6) is 0 Å². The Morgan fingerprint density at radius 3 is 2.48 bits per heavy atom. The summed E-state index contributed by atoms with van der Waals surface area (Å²) in [4.78, 5) is 10.9. The molecule has 0 aliphatic heterocycles. The molecule has 4 heteroatoms. The third-order valence-corrected chi connectivity index (χ3v) is 6.45. The van der Waals surface area contributed by atoms with Crippen molar-refractivity contribution in [3.8, 4) is 0 Å². The molecule has 4 bridgehead atoms. The fraction of sp³-hybridized carbons (Fsp3) is 0.647. The van der Waals surface area contributed by atoms with Gasteiger partial charge in [0.25, 0.3) is 5.69 Å². The Morgan fingerprint density at radius 1 is 1.24 bits per heavy atom. The van der Waals surface area contributed by atoms with Gasteiger partial charge in [-0.15, -0.1) is 11.6 Å². The van der Waals surface area contributed by atoms with E-state index in [0.717, 1.165) is 43.2 Å². The predicted octanol–water partition coefficient (Wildman–Crippen LogP) is 4.73. The Labute approximate surface area is 129 Å². The summed E-state index contributed by atoms with van der Waals surface area (Å²) < 4.78 is 0. The minimum absolute atomic E-state index is 0.0518. The molecule has 1 aromatic carbocycles. The number of nitrogens with zero attached hydrogens (tertiary/aromatic N) is 1. The molecule has 2 unspecified atom stereocenters. The minimum atomic E-state index is -0.254. The molecule has 5 rings (SSSR count). The van der Waals surface area contributed by atoms with Gasteiger partial charge in [-0.05, 0) is 68.3 Å². The van der Waals surface area contributed by atoms with Gasteiger partial charge in [-0.3, -0.25) is 10.1 Å². The fourth-order valence-corrected chi connectivity index (χ4v) is 6.32. The van der Waals surface area contributed by atoms with E-state index >= 15 is 0 Å². The van der Waals surface area contributed by atoms with Crippen LogP contribution < -0.4 is 0 Å². The van der Waals surface area contributed by atoms with Gasteiger partial charge in [0.05, 0.1) is 4.92 Å². The molecular weight excluding hydrogens is 286 g/mol. The van der Waals surface area contributed by atoms with Gasteiger partial charge >= 0.3 is 0 Å². The quantitative estimate of drug-likeness (QED) is 0.450. The lowest BCUT2D eigenvalue weighted by Crippen LogP contribution is -2.55. The number of benzene rings is 1. The molecule has 4 saturated carbocycles. The van der Waals surface area contributed by atoms with Gasteiger partial charge in [-0.1, -0.05) is 12.1 Å². The van der Waals surface area contributed by atoms with Gasteiger partial charge in [-0.2, -0.15) is 0 Å². The summed E-state index contributed by atoms with van der Waals surface area (Å²) in [5.41, 5.74) is 2.24. The number of nitro groups is 1. The molecule has 0 amide bonds. The largest absolute Gasteiger partial charge is 0.272 e. The summed E-state index contributed by atoms with van der Waals surface area (Å²) in [6.07, 6.45) is 6.91. The van der Waals surface area contributed by atoms with Crippen LogP contribution in [-0.2, 0) is 5.41 Å². The first-order chi connectivity index (χ1) is 9.89. The van der Waals surface area contributed by atoms with E-state index in [1.54, 1.807) is 0 Å². The van der Waals surface area contributed by atoms with Crippen molar-refractivity contribution in [1.82, 2.24) is 0 Å². The summed E-state index contributed by atoms with van der Waals surface area (Å²) >= 11 is 6.87. The van der Waals surface area contributed by atoms with Crippen molar-refractivity contribution in [2.45, 2.75) is 55.7 Å². The lowest BCUT2D eigenvalue weighted by Gasteiger charge is -2.60. The first-order valence-electron chi connectivity index (χ1n) is 7.84. The van der Waals surface area contributed by atoms with Crippen molar-refractivity contribution >= 4 is 17.3 Å². The summed E-state index contributed by atoms with van der Waals surface area (Å²) in [5.74, 6) is 1.42. The van der Waals surface area contributed by atoms with Crippen molar-refractivity contribution in [2.75, 3.05) is 0 Å². The molecule has 21 heavy (non-hydrogen) atoms. The number of hydrogen-bond donors (Lipinski definition) is 0. The molecule has 4 atom stereocenters. The number of alkyl halides is 1. The molecule has 0 heterocycles. The van der Waals surface area contributed by atoms with E-state index < -0.39 is 0 Å². The van der Waals surface area contributed by atoms with Gasteiger partial charge in [0, 0.05) is 16.5 Å². The van der Waals surface area contributed by atoms with Gasteiger partial charge in [0.15, 0.2) is 0 Å². The van der Waals surface area contributed by atoms with Crippen LogP contribution in [0.25, 0.3) is 0 Å². The van der Waals surface area contributed by atoms with E-state index in [2.05, 4.69) is 6.07 Å². The number of halogens is 1. The number of hydrogen-bond acceptors (Lipinski definition) is 2. The molecule has 0 radical (unpaired) electrons. The van der Waals surface area contributed by atoms with Gasteiger partial charge in [-0.25, -0.2) is 0 Å². The molecule has 4 aliphatic carbocycles. The van der Waals surface area contributed by atoms with Crippen LogP contribution in [0, 0.1) is 28.9 Å². The lowest BCUT2D eigenvalue weighted by atomic mass is 9.47. The number of nitro benzene ring substituents is 1. The molecule has 0 saturated heterocycles. The predicted molar refractivity (Wildman–Crippen MR) is 82.8 cm³/mol. The molecule has 0 N–H and O–H groups in total. The zero-order valence-corrected chi connectivity index (χ0v) is 13.0. The first kappa shape index (κ1) is 13.6. The number of rotatable bonds is 2. The van der Waals surface area contributed by atoms with E-state index in [-0.39, 0.29) is 20.9 Å². The molecule has 4 fully saturated rings. The smallest absolute Gasteiger partial charge is 0.258 e. The Balaban J connectivity index is 1.79. The maximum absolute atomic E-state index is 11.2. The fourth-order valence-electron chi connectivity index (χ4n) is 5.62. The SMILES string of the molecule is Cc1ccc(C23C[C@@H]4C[C@@H](CC(Cl)(C4)C2)C3)cc1[N+](=O)[O-]. The van der Waals surface area contributed by atoms with E-state index in [9.17, 15) is 10.1 Å². The van der Waals surface area contributed by atoms with Crippen molar-refractivity contribution in [3.63, 3.8) is 0 Å². The third-order valence-electron chi connectivity index (χ3n) is 6.01. The summed E-state index contributed by atoms with van der Waals surface area (Å²) in [6, 6.07) is 5.84. The third kappa shape index (κ3) is 2.01. The van der Waals surface area contributed by atoms with Crippen LogP contribution in [0.15, 0.2) is 18.2 Å². The summed E-state index contributed by atoms with van der Waals surface area (Å²) in [6.45, 7) is 1.81. The van der Waals surface area contributed by atoms with Crippen LogP contribution in [0.4, 0.5) is 5.69 Å². The van der Waals surface area contributed by atoms with E-state index in [1.807, 2.05) is 19.1 Å². The van der Waals surface area contributed by atoms with E-state index in [1.165, 1.54) is 6.42 Å². The second kappa shape index (κ2) is 4.22. The van der Waals surface area contributed by atoms with Crippen molar-refractivity contribution in [1.29, 1.82) is 0 Å². The molecule has 0 spiro atoms. The maximum Gasteiger partial charge on any atom is 0.272 e. The molecular formula is C17H20ClNO2. The standard InChI is InChI=1S/C17H20ClNO2/c1-11-2-3-14(5-15(11)19(20)21)16-6-12-4-13(7-16)9-17(18,8-12)10-16/h2-3,5,12-13H,4,6-10H2,1H3/t12-,13+,16?,17?. The Morgan fingerprint density at radius 2 is 1.90 bits per heavy atom. The Kier molecular flexibility index (Phi) is 2.73. The second-order valence-corrected chi connectivity index (χ2v) is 8.45. The second-order valence-electron chi connectivity index (χ2n) is 7.65. The summed E-state index contributed by atoms with van der Waals surface area (Å²) in [7, 11) is 0. The molecule has 1 aromatic rings. The minimum Gasteiger partial charge on any atom is -0.258 e. The van der Waals surface area contributed by atoms with Gasteiger partial charge in [0.1, 0.15) is 0 Å². The Bertz CT molecular complexity index is 613. The zero-order chi connectivity index (χ0) is 14.8. The van der Waals surface area contributed by atoms with Crippen LogP contribution in [0.2, 0.25) is 0 Å².